The zero-order chi connectivity index (χ0) is 28.5. The molecule has 39 heavy (non-hydrogen) atoms. The molecule has 1 aromatic rings. The molecular formula is C30H40BrN3O4S. The smallest absolute Gasteiger partial charge is 0.251 e. The number of likely N-dealkylation sites (tertiary alicyclic amines) is 1. The third-order valence-electron chi connectivity index (χ3n) is 8.25. The van der Waals surface area contributed by atoms with Crippen LogP contribution in [0.5, 0.6) is 0 Å². The van der Waals surface area contributed by atoms with Gasteiger partial charge in [0.1, 0.15) is 6.04 Å². The van der Waals surface area contributed by atoms with E-state index in [0.717, 1.165) is 23.2 Å². The summed E-state index contributed by atoms with van der Waals surface area (Å²) in [6.45, 7) is 15.2. The molecule has 0 radical (unpaired) electrons. The van der Waals surface area contributed by atoms with Gasteiger partial charge in [-0.05, 0) is 50.3 Å². The van der Waals surface area contributed by atoms with Gasteiger partial charge in [0.15, 0.2) is 0 Å². The van der Waals surface area contributed by atoms with E-state index in [0.29, 0.717) is 32.5 Å². The van der Waals surface area contributed by atoms with Crippen LogP contribution in [-0.4, -0.2) is 86.3 Å². The molecule has 1 N–H and O–H groups in total. The summed E-state index contributed by atoms with van der Waals surface area (Å²) in [5, 5.41) is 9.55. The third kappa shape index (κ3) is 5.10. The Morgan fingerprint density at radius 1 is 1.23 bits per heavy atom. The number of benzene rings is 1. The van der Waals surface area contributed by atoms with Crippen molar-refractivity contribution in [2.45, 2.75) is 60.9 Å². The average Bonchev–Trinajstić information content (AvgIpc) is 3.50. The Hall–Kier alpha value is -2.10. The second-order valence-electron chi connectivity index (χ2n) is 10.9. The van der Waals surface area contributed by atoms with Crippen molar-refractivity contribution in [2.24, 2.45) is 11.8 Å². The summed E-state index contributed by atoms with van der Waals surface area (Å²) in [4.78, 5) is 48.1. The summed E-state index contributed by atoms with van der Waals surface area (Å²) in [6.07, 6.45) is 5.23. The number of carbonyl (C=O) groups excluding carboxylic acids is 3. The van der Waals surface area contributed by atoms with E-state index < -0.39 is 22.6 Å². The van der Waals surface area contributed by atoms with Crippen LogP contribution in [0.3, 0.4) is 0 Å². The fraction of sp³-hybridized carbons (Fsp3) is 0.567. The zero-order valence-corrected chi connectivity index (χ0v) is 25.5. The van der Waals surface area contributed by atoms with Gasteiger partial charge in [0.25, 0.3) is 5.91 Å². The first-order valence-corrected chi connectivity index (χ1v) is 15.6. The lowest BCUT2D eigenvalue weighted by atomic mass is 9.70. The van der Waals surface area contributed by atoms with Crippen LogP contribution in [0.15, 0.2) is 43.5 Å². The van der Waals surface area contributed by atoms with Gasteiger partial charge in [-0.3, -0.25) is 14.4 Å². The summed E-state index contributed by atoms with van der Waals surface area (Å²) in [7, 11) is 0. The molecule has 1 aromatic carbocycles. The number of anilines is 1. The molecule has 3 aliphatic heterocycles. The number of hydrogen-bond donors (Lipinski definition) is 1. The maximum absolute atomic E-state index is 14.7. The Morgan fingerprint density at radius 2 is 1.95 bits per heavy atom. The van der Waals surface area contributed by atoms with Crippen molar-refractivity contribution < 1.29 is 19.5 Å². The highest BCUT2D eigenvalue weighted by atomic mass is 79.9. The minimum absolute atomic E-state index is 0.00867. The second kappa shape index (κ2) is 12.2. The molecule has 3 amide bonds. The number of alkyl halides is 1. The maximum atomic E-state index is 14.7. The van der Waals surface area contributed by atoms with E-state index in [1.165, 1.54) is 0 Å². The quantitative estimate of drug-likeness (QED) is 0.282. The largest absolute Gasteiger partial charge is 0.396 e. The first-order valence-electron chi connectivity index (χ1n) is 13.8. The minimum atomic E-state index is -0.742. The molecule has 3 fully saturated rings. The van der Waals surface area contributed by atoms with E-state index in [-0.39, 0.29) is 41.0 Å². The first-order chi connectivity index (χ1) is 18.7. The Labute approximate surface area is 244 Å². The number of nitrogens with zero attached hydrogens (tertiary/aromatic N) is 3. The molecule has 3 heterocycles. The summed E-state index contributed by atoms with van der Waals surface area (Å²) in [6, 6.07) is 5.27. The van der Waals surface area contributed by atoms with Gasteiger partial charge in [0.05, 0.1) is 16.6 Å². The van der Waals surface area contributed by atoms with Crippen LogP contribution in [0.4, 0.5) is 5.69 Å². The van der Waals surface area contributed by atoms with Crippen LogP contribution in [0.2, 0.25) is 0 Å². The Bertz CT molecular complexity index is 1150. The van der Waals surface area contributed by atoms with Crippen LogP contribution < -0.4 is 4.90 Å². The van der Waals surface area contributed by atoms with E-state index in [1.807, 2.05) is 39.0 Å². The first kappa shape index (κ1) is 29.9. The molecule has 4 rings (SSSR count). The highest BCUT2D eigenvalue weighted by Crippen LogP contribution is 2.68. The zero-order valence-electron chi connectivity index (χ0n) is 23.1. The average molecular weight is 619 g/mol. The molecule has 6 atom stereocenters. The lowest BCUT2D eigenvalue weighted by Gasteiger charge is -2.38. The van der Waals surface area contributed by atoms with Crippen molar-refractivity contribution in [2.75, 3.05) is 37.7 Å². The number of thioether (sulfide) groups is 1. The molecule has 0 aromatic heterocycles. The fourth-order valence-electron chi connectivity index (χ4n) is 6.69. The second-order valence-corrected chi connectivity index (χ2v) is 13.6. The predicted octanol–water partition coefficient (Wildman–Crippen LogP) is 4.09. The number of fused-ring (bicyclic) bond motifs is 1. The van der Waals surface area contributed by atoms with Crippen molar-refractivity contribution in [3.05, 3.63) is 54.6 Å². The monoisotopic (exact) mass is 617 g/mol. The van der Waals surface area contributed by atoms with Crippen LogP contribution in [0, 0.1) is 25.7 Å². The van der Waals surface area contributed by atoms with Crippen LogP contribution >= 0.6 is 27.7 Å². The number of aryl methyl sites for hydroxylation is 2. The number of amides is 3. The molecule has 212 valence electrons. The minimum Gasteiger partial charge on any atom is -0.396 e. The standard InChI is InChI=1S/C30H40BrN3O4S/c1-6-12-32(13-7-2)27(36)23-24-28(37)34(15-9-16-35)26(30(24)18-21(31)25(23)39-30)29(38)33(14-8-3)22-17-19(4)10-11-20(22)5/h6,8,10-11,17,21,23-26,35H,1,3,7,9,12-16,18H2,2,4-5H3/t21?,23-,24-,25-,26?,30?/m0/s1. The Kier molecular flexibility index (Phi) is 9.33. The van der Waals surface area contributed by atoms with E-state index in [2.05, 4.69) is 29.1 Å². The summed E-state index contributed by atoms with van der Waals surface area (Å²) in [5.41, 5.74) is 2.80. The molecule has 9 heteroatoms. The van der Waals surface area contributed by atoms with Crippen molar-refractivity contribution >= 4 is 51.1 Å². The van der Waals surface area contributed by atoms with Gasteiger partial charge in [-0.2, -0.15) is 0 Å². The fourth-order valence-corrected chi connectivity index (χ4v) is 10.3. The highest BCUT2D eigenvalue weighted by molar-refractivity contribution is 9.09. The highest BCUT2D eigenvalue weighted by Gasteiger charge is 2.76. The van der Waals surface area contributed by atoms with Gasteiger partial charge in [-0.15, -0.1) is 24.9 Å². The summed E-state index contributed by atoms with van der Waals surface area (Å²) >= 11 is 5.49. The Balaban J connectivity index is 1.81. The maximum Gasteiger partial charge on any atom is 0.251 e. The van der Waals surface area contributed by atoms with Gasteiger partial charge < -0.3 is 19.8 Å². The SMILES string of the molecule is C=CCN(CCC)C(=O)[C@H]1[C@H]2C(=O)N(CCCO)C(C(=O)N(CC=C)c3cc(C)ccc3C)C23CC(Br)[C@@H]1S3. The molecular weight excluding hydrogens is 578 g/mol. The molecule has 0 saturated carbocycles. The van der Waals surface area contributed by atoms with Gasteiger partial charge in [0.2, 0.25) is 11.8 Å². The van der Waals surface area contributed by atoms with Gasteiger partial charge in [-0.1, -0.05) is 47.1 Å². The van der Waals surface area contributed by atoms with Crippen LogP contribution in [-0.2, 0) is 14.4 Å². The normalized spacial score (nSPS) is 28.9. The number of aliphatic hydroxyl groups is 1. The number of rotatable bonds is 12. The topological polar surface area (TPSA) is 81.2 Å². The van der Waals surface area contributed by atoms with Gasteiger partial charge in [0, 0.05) is 48.6 Å². The molecule has 3 aliphatic rings. The number of halogens is 1. The lowest BCUT2D eigenvalue weighted by molar-refractivity contribution is -0.143. The summed E-state index contributed by atoms with van der Waals surface area (Å²) in [5.74, 6) is -1.45. The van der Waals surface area contributed by atoms with Gasteiger partial charge >= 0.3 is 0 Å². The summed E-state index contributed by atoms with van der Waals surface area (Å²) < 4.78 is -0.730. The predicted molar refractivity (Wildman–Crippen MR) is 161 cm³/mol. The molecule has 0 aliphatic carbocycles. The van der Waals surface area contributed by atoms with Gasteiger partial charge in [-0.25, -0.2) is 0 Å². The van der Waals surface area contributed by atoms with Crippen molar-refractivity contribution in [1.29, 1.82) is 0 Å². The van der Waals surface area contributed by atoms with Crippen LogP contribution in [0.25, 0.3) is 0 Å². The van der Waals surface area contributed by atoms with Crippen molar-refractivity contribution in [3.8, 4) is 0 Å². The molecule has 3 saturated heterocycles. The Morgan fingerprint density at radius 3 is 2.59 bits per heavy atom. The van der Waals surface area contributed by atoms with Crippen molar-refractivity contribution in [3.63, 3.8) is 0 Å². The van der Waals surface area contributed by atoms with Crippen LogP contribution in [0.1, 0.15) is 37.3 Å². The van der Waals surface area contributed by atoms with Crippen molar-refractivity contribution in [1.82, 2.24) is 9.80 Å². The van der Waals surface area contributed by atoms with E-state index in [1.54, 1.807) is 38.6 Å². The molecule has 2 bridgehead atoms. The van der Waals surface area contributed by atoms with E-state index in [9.17, 15) is 19.5 Å². The number of aliphatic hydroxyl groups excluding tert-OH is 1. The number of carbonyl (C=O) groups is 3. The molecule has 3 unspecified atom stereocenters. The van der Waals surface area contributed by atoms with E-state index >= 15 is 0 Å². The molecule has 7 nitrogen and oxygen atoms in total. The van der Waals surface area contributed by atoms with E-state index in [4.69, 9.17) is 0 Å². The third-order valence-corrected chi connectivity index (χ3v) is 11.5. The lowest BCUT2D eigenvalue weighted by Crippen LogP contribution is -2.56. The molecule has 1 spiro atoms. The number of hydrogen-bond acceptors (Lipinski definition) is 5.